The molecule has 1 aliphatic heterocycles. The summed E-state index contributed by atoms with van der Waals surface area (Å²) in [7, 11) is 1.50. The zero-order chi connectivity index (χ0) is 24.6. The lowest BCUT2D eigenvalue weighted by atomic mass is 9.87. The smallest absolute Gasteiger partial charge is 0.300 e. The summed E-state index contributed by atoms with van der Waals surface area (Å²) in [6, 6.07) is 20.7. The van der Waals surface area contributed by atoms with Crippen LogP contribution >= 0.6 is 11.6 Å². The number of Topliss-reactive ketones (excluding diaryl/α,β-unsaturated/α-hetero) is 1. The SMILES string of the molecule is COc1ccc(Cl)c(/C(O)=C2\C(=O)C(=O)N(c3ccc(C(C)(C)C)cc3)C2c2ccccc2)c1. The average molecular weight is 476 g/mol. The number of methoxy groups -OCH3 is 1. The first kappa shape index (κ1) is 23.6. The zero-order valence-electron chi connectivity index (χ0n) is 19.5. The van der Waals surface area contributed by atoms with Gasteiger partial charge in [0.15, 0.2) is 0 Å². The third-order valence-corrected chi connectivity index (χ3v) is 6.33. The van der Waals surface area contributed by atoms with E-state index in [1.165, 1.54) is 12.0 Å². The first-order valence-corrected chi connectivity index (χ1v) is 11.3. The van der Waals surface area contributed by atoms with Gasteiger partial charge in [0, 0.05) is 11.3 Å². The molecule has 0 aromatic heterocycles. The highest BCUT2D eigenvalue weighted by Gasteiger charge is 2.47. The minimum atomic E-state index is -0.816. The van der Waals surface area contributed by atoms with Crippen LogP contribution in [0, 0.1) is 0 Å². The Balaban J connectivity index is 1.92. The fraction of sp³-hybridized carbons (Fsp3) is 0.214. The summed E-state index contributed by atoms with van der Waals surface area (Å²) in [6.45, 7) is 6.32. The molecular formula is C28H26ClNO4. The minimum absolute atomic E-state index is 0.0220. The van der Waals surface area contributed by atoms with E-state index in [0.29, 0.717) is 17.0 Å². The molecule has 0 aliphatic carbocycles. The Kier molecular flexibility index (Phi) is 6.24. The van der Waals surface area contributed by atoms with E-state index in [4.69, 9.17) is 16.3 Å². The number of amides is 1. The Hall–Kier alpha value is -3.57. The van der Waals surface area contributed by atoms with E-state index < -0.39 is 17.7 Å². The first-order chi connectivity index (χ1) is 16.1. The molecule has 5 nitrogen and oxygen atoms in total. The number of hydrogen-bond acceptors (Lipinski definition) is 4. The van der Waals surface area contributed by atoms with Gasteiger partial charge in [-0.25, -0.2) is 0 Å². The number of ketones is 1. The van der Waals surface area contributed by atoms with Crippen LogP contribution in [0.1, 0.15) is 43.5 Å². The molecule has 1 fully saturated rings. The molecular weight excluding hydrogens is 450 g/mol. The number of nitrogens with zero attached hydrogens (tertiary/aromatic N) is 1. The number of aliphatic hydroxyl groups excluding tert-OH is 1. The van der Waals surface area contributed by atoms with Crippen molar-refractivity contribution in [1.82, 2.24) is 0 Å². The molecule has 1 amide bonds. The number of ether oxygens (including phenoxy) is 1. The van der Waals surface area contributed by atoms with Gasteiger partial charge in [-0.1, -0.05) is 74.8 Å². The van der Waals surface area contributed by atoms with Gasteiger partial charge in [-0.2, -0.15) is 0 Å². The molecule has 6 heteroatoms. The molecule has 3 aromatic rings. The summed E-state index contributed by atoms with van der Waals surface area (Å²) in [5.74, 6) is -1.36. The van der Waals surface area contributed by atoms with Gasteiger partial charge in [-0.05, 0) is 46.9 Å². The van der Waals surface area contributed by atoms with Gasteiger partial charge in [-0.15, -0.1) is 0 Å². The number of halogens is 1. The van der Waals surface area contributed by atoms with Crippen molar-refractivity contribution in [2.75, 3.05) is 12.0 Å². The van der Waals surface area contributed by atoms with Crippen LogP contribution in [-0.2, 0) is 15.0 Å². The average Bonchev–Trinajstić information content (AvgIpc) is 3.09. The van der Waals surface area contributed by atoms with Gasteiger partial charge in [0.2, 0.25) is 0 Å². The Bertz CT molecular complexity index is 1270. The molecule has 1 aliphatic rings. The van der Waals surface area contributed by atoms with Gasteiger partial charge in [-0.3, -0.25) is 14.5 Å². The molecule has 1 heterocycles. The van der Waals surface area contributed by atoms with Crippen LogP contribution in [0.3, 0.4) is 0 Å². The van der Waals surface area contributed by atoms with Gasteiger partial charge in [0.1, 0.15) is 11.5 Å². The molecule has 0 bridgehead atoms. The van der Waals surface area contributed by atoms with Crippen molar-refractivity contribution in [2.45, 2.75) is 32.2 Å². The predicted molar refractivity (Wildman–Crippen MR) is 134 cm³/mol. The van der Waals surface area contributed by atoms with E-state index in [1.807, 2.05) is 54.6 Å². The second-order valence-electron chi connectivity index (χ2n) is 9.22. The number of hydrogen-bond donors (Lipinski definition) is 1. The van der Waals surface area contributed by atoms with Crippen LogP contribution in [0.15, 0.2) is 78.4 Å². The van der Waals surface area contributed by atoms with Crippen molar-refractivity contribution in [3.63, 3.8) is 0 Å². The van der Waals surface area contributed by atoms with Crippen molar-refractivity contribution in [3.8, 4) is 5.75 Å². The van der Waals surface area contributed by atoms with Crippen LogP contribution < -0.4 is 9.64 Å². The summed E-state index contributed by atoms with van der Waals surface area (Å²) in [5.41, 5.74) is 2.51. The predicted octanol–water partition coefficient (Wildman–Crippen LogP) is 6.27. The summed E-state index contributed by atoms with van der Waals surface area (Å²) < 4.78 is 5.26. The topological polar surface area (TPSA) is 66.8 Å². The quantitative estimate of drug-likeness (QED) is 0.274. The van der Waals surface area contributed by atoms with Crippen LogP contribution in [0.25, 0.3) is 5.76 Å². The highest BCUT2D eigenvalue weighted by Crippen LogP contribution is 2.43. The maximum atomic E-state index is 13.3. The molecule has 0 spiro atoms. The molecule has 0 radical (unpaired) electrons. The second kappa shape index (κ2) is 8.99. The molecule has 3 aromatic carbocycles. The van der Waals surface area contributed by atoms with Crippen molar-refractivity contribution in [3.05, 3.63) is 100 Å². The molecule has 1 unspecified atom stereocenters. The minimum Gasteiger partial charge on any atom is -0.507 e. The standard InChI is InChI=1S/C28H26ClNO4/c1-28(2,3)18-10-12-19(13-11-18)30-24(17-8-6-5-7-9-17)23(26(32)27(30)33)25(31)21-16-20(34-4)14-15-22(21)29/h5-16,24,31H,1-4H3/b25-23+. The Morgan fingerprint density at radius 2 is 1.62 bits per heavy atom. The zero-order valence-corrected chi connectivity index (χ0v) is 20.3. The lowest BCUT2D eigenvalue weighted by Gasteiger charge is -2.26. The van der Waals surface area contributed by atoms with Crippen molar-refractivity contribution >= 4 is 34.7 Å². The van der Waals surface area contributed by atoms with Crippen molar-refractivity contribution in [1.29, 1.82) is 0 Å². The summed E-state index contributed by atoms with van der Waals surface area (Å²) >= 11 is 6.36. The summed E-state index contributed by atoms with van der Waals surface area (Å²) in [4.78, 5) is 28.0. The second-order valence-corrected chi connectivity index (χ2v) is 9.63. The van der Waals surface area contributed by atoms with Crippen LogP contribution in [0.4, 0.5) is 5.69 Å². The number of aliphatic hydroxyl groups is 1. The Morgan fingerprint density at radius 1 is 0.971 bits per heavy atom. The molecule has 0 saturated carbocycles. The summed E-state index contributed by atoms with van der Waals surface area (Å²) in [6.07, 6.45) is 0. The van der Waals surface area contributed by atoms with E-state index in [-0.39, 0.29) is 27.3 Å². The highest BCUT2D eigenvalue weighted by atomic mass is 35.5. The normalized spacial score (nSPS) is 17.8. The molecule has 1 N–H and O–H groups in total. The van der Waals surface area contributed by atoms with E-state index in [1.54, 1.807) is 18.2 Å². The molecule has 34 heavy (non-hydrogen) atoms. The third-order valence-electron chi connectivity index (χ3n) is 6.00. The number of carbonyl (C=O) groups is 2. The number of anilines is 1. The maximum absolute atomic E-state index is 13.3. The van der Waals surface area contributed by atoms with E-state index in [0.717, 1.165) is 5.56 Å². The number of benzene rings is 3. The maximum Gasteiger partial charge on any atom is 0.300 e. The van der Waals surface area contributed by atoms with Crippen molar-refractivity contribution < 1.29 is 19.4 Å². The Labute approximate surface area is 204 Å². The fourth-order valence-electron chi connectivity index (χ4n) is 4.13. The van der Waals surface area contributed by atoms with Crippen LogP contribution in [-0.4, -0.2) is 23.9 Å². The largest absolute Gasteiger partial charge is 0.507 e. The van der Waals surface area contributed by atoms with E-state index in [9.17, 15) is 14.7 Å². The highest BCUT2D eigenvalue weighted by molar-refractivity contribution is 6.52. The molecule has 4 rings (SSSR count). The van der Waals surface area contributed by atoms with Gasteiger partial charge in [0.05, 0.1) is 23.7 Å². The molecule has 1 atom stereocenters. The van der Waals surface area contributed by atoms with Crippen LogP contribution in [0.5, 0.6) is 5.75 Å². The van der Waals surface area contributed by atoms with E-state index >= 15 is 0 Å². The van der Waals surface area contributed by atoms with Gasteiger partial charge in [0.25, 0.3) is 11.7 Å². The number of rotatable bonds is 4. The monoisotopic (exact) mass is 475 g/mol. The van der Waals surface area contributed by atoms with Gasteiger partial charge < -0.3 is 9.84 Å². The first-order valence-electron chi connectivity index (χ1n) is 10.9. The van der Waals surface area contributed by atoms with Crippen molar-refractivity contribution in [2.24, 2.45) is 0 Å². The lowest BCUT2D eigenvalue weighted by Crippen LogP contribution is -2.29. The Morgan fingerprint density at radius 3 is 2.21 bits per heavy atom. The number of carbonyl (C=O) groups excluding carboxylic acids is 2. The van der Waals surface area contributed by atoms with E-state index in [2.05, 4.69) is 20.8 Å². The third kappa shape index (κ3) is 4.19. The molecule has 1 saturated heterocycles. The van der Waals surface area contributed by atoms with Crippen LogP contribution in [0.2, 0.25) is 5.02 Å². The fourth-order valence-corrected chi connectivity index (χ4v) is 4.34. The van der Waals surface area contributed by atoms with Gasteiger partial charge >= 0.3 is 0 Å². The lowest BCUT2D eigenvalue weighted by molar-refractivity contribution is -0.132. The molecule has 174 valence electrons. The summed E-state index contributed by atoms with van der Waals surface area (Å²) in [5, 5.41) is 11.5.